The summed E-state index contributed by atoms with van der Waals surface area (Å²) in [5.41, 5.74) is 2.65. The summed E-state index contributed by atoms with van der Waals surface area (Å²) in [6.45, 7) is 4.34. The third-order valence-corrected chi connectivity index (χ3v) is 2.90. The van der Waals surface area contributed by atoms with Crippen molar-refractivity contribution >= 4 is 0 Å². The Morgan fingerprint density at radius 1 is 1.29 bits per heavy atom. The van der Waals surface area contributed by atoms with E-state index in [1.54, 1.807) is 0 Å². The maximum atomic E-state index is 9.89. The molecule has 0 radical (unpaired) electrons. The molecule has 0 amide bonds. The van der Waals surface area contributed by atoms with E-state index in [1.807, 2.05) is 0 Å². The van der Waals surface area contributed by atoms with Gasteiger partial charge in [-0.25, -0.2) is 0 Å². The summed E-state index contributed by atoms with van der Waals surface area (Å²) in [6.07, 6.45) is 10.8. The average molecular weight is 194 g/mol. The molecule has 14 heavy (non-hydrogen) atoms. The molecule has 0 heterocycles. The van der Waals surface area contributed by atoms with Gasteiger partial charge in [0.25, 0.3) is 0 Å². The molecule has 0 spiro atoms. The third-order valence-electron chi connectivity index (χ3n) is 2.90. The number of aliphatic hydroxyl groups excluding tert-OH is 1. The molecule has 1 N–H and O–H groups in total. The number of hydrogen-bond donors (Lipinski definition) is 1. The molecule has 0 bridgehead atoms. The summed E-state index contributed by atoms with van der Waals surface area (Å²) < 4.78 is 0. The largest absolute Gasteiger partial charge is 0.389 e. The van der Waals surface area contributed by atoms with Gasteiger partial charge < -0.3 is 5.11 Å². The summed E-state index contributed by atoms with van der Waals surface area (Å²) in [5, 5.41) is 9.89. The van der Waals surface area contributed by atoms with E-state index in [2.05, 4.69) is 26.0 Å². The smallest absolute Gasteiger partial charge is 0.0753 e. The topological polar surface area (TPSA) is 20.2 Å². The van der Waals surface area contributed by atoms with E-state index in [-0.39, 0.29) is 6.10 Å². The first-order valence-electron chi connectivity index (χ1n) is 5.78. The lowest BCUT2D eigenvalue weighted by Crippen LogP contribution is -2.11. The van der Waals surface area contributed by atoms with Crippen LogP contribution in [0.4, 0.5) is 0 Å². The van der Waals surface area contributed by atoms with Crippen LogP contribution in [0.25, 0.3) is 0 Å². The molecule has 0 aromatic rings. The Bertz CT molecular complexity index is 225. The monoisotopic (exact) mass is 194 g/mol. The van der Waals surface area contributed by atoms with Gasteiger partial charge in [-0.2, -0.15) is 0 Å². The van der Waals surface area contributed by atoms with E-state index in [1.165, 1.54) is 24.0 Å². The van der Waals surface area contributed by atoms with Crippen LogP contribution >= 0.6 is 0 Å². The molecule has 0 aliphatic heterocycles. The highest BCUT2D eigenvalue weighted by Crippen LogP contribution is 2.22. The lowest BCUT2D eigenvalue weighted by molar-refractivity contribution is 0.191. The van der Waals surface area contributed by atoms with Gasteiger partial charge in [0, 0.05) is 0 Å². The molecule has 0 fully saturated rings. The van der Waals surface area contributed by atoms with Gasteiger partial charge in [-0.05, 0) is 31.8 Å². The van der Waals surface area contributed by atoms with Gasteiger partial charge in [-0.1, -0.05) is 43.9 Å². The van der Waals surface area contributed by atoms with E-state index in [4.69, 9.17) is 0 Å². The minimum Gasteiger partial charge on any atom is -0.389 e. The van der Waals surface area contributed by atoms with Crippen LogP contribution < -0.4 is 0 Å². The fraction of sp³-hybridized carbons (Fsp3) is 0.692. The highest BCUT2D eigenvalue weighted by molar-refractivity contribution is 5.24. The van der Waals surface area contributed by atoms with E-state index in [9.17, 15) is 5.11 Å². The van der Waals surface area contributed by atoms with Crippen molar-refractivity contribution in [1.29, 1.82) is 0 Å². The van der Waals surface area contributed by atoms with Gasteiger partial charge in [-0.15, -0.1) is 0 Å². The Hall–Kier alpha value is -0.560. The van der Waals surface area contributed by atoms with Crippen molar-refractivity contribution in [2.24, 2.45) is 0 Å². The molecule has 80 valence electrons. The van der Waals surface area contributed by atoms with Crippen LogP contribution in [0.5, 0.6) is 0 Å². The number of aliphatic hydroxyl groups is 1. The lowest BCUT2D eigenvalue weighted by atomic mass is 9.93. The number of hydrogen-bond acceptors (Lipinski definition) is 1. The molecule has 1 atom stereocenters. The van der Waals surface area contributed by atoms with Crippen molar-refractivity contribution in [3.63, 3.8) is 0 Å². The molecule has 0 saturated carbocycles. The van der Waals surface area contributed by atoms with Gasteiger partial charge in [0.2, 0.25) is 0 Å². The SMILES string of the molecule is CCCCCC(O)C1=CC=C(C)CC1. The van der Waals surface area contributed by atoms with Crippen molar-refractivity contribution in [2.45, 2.75) is 58.5 Å². The van der Waals surface area contributed by atoms with Crippen LogP contribution in [0.2, 0.25) is 0 Å². The van der Waals surface area contributed by atoms with Crippen molar-refractivity contribution in [2.75, 3.05) is 0 Å². The first-order valence-corrected chi connectivity index (χ1v) is 5.78. The van der Waals surface area contributed by atoms with Crippen molar-refractivity contribution < 1.29 is 5.11 Å². The van der Waals surface area contributed by atoms with Gasteiger partial charge in [0.05, 0.1) is 6.10 Å². The first-order chi connectivity index (χ1) is 6.74. The highest BCUT2D eigenvalue weighted by Gasteiger charge is 2.12. The van der Waals surface area contributed by atoms with Crippen molar-refractivity contribution in [3.05, 3.63) is 23.3 Å². The highest BCUT2D eigenvalue weighted by atomic mass is 16.3. The summed E-state index contributed by atoms with van der Waals surface area (Å²) in [6, 6.07) is 0. The molecule has 1 rings (SSSR count). The molecular formula is C13H22O. The summed E-state index contributed by atoms with van der Waals surface area (Å²) >= 11 is 0. The normalized spacial score (nSPS) is 18.8. The maximum absolute atomic E-state index is 9.89. The lowest BCUT2D eigenvalue weighted by Gasteiger charge is -2.17. The Morgan fingerprint density at radius 2 is 2.07 bits per heavy atom. The van der Waals surface area contributed by atoms with Crippen LogP contribution in [0, 0.1) is 0 Å². The quantitative estimate of drug-likeness (QED) is 0.663. The average Bonchev–Trinajstić information content (AvgIpc) is 2.19. The zero-order valence-corrected chi connectivity index (χ0v) is 9.42. The Kier molecular flexibility index (Phi) is 4.95. The zero-order valence-electron chi connectivity index (χ0n) is 9.42. The van der Waals surface area contributed by atoms with Gasteiger partial charge in [0.15, 0.2) is 0 Å². The van der Waals surface area contributed by atoms with Crippen molar-refractivity contribution in [1.82, 2.24) is 0 Å². The van der Waals surface area contributed by atoms with Crippen LogP contribution in [0.3, 0.4) is 0 Å². The van der Waals surface area contributed by atoms with Gasteiger partial charge in [-0.3, -0.25) is 0 Å². The number of allylic oxidation sites excluding steroid dienone is 3. The predicted octanol–water partition coefficient (Wildman–Crippen LogP) is 3.59. The molecule has 0 aromatic heterocycles. The Balaban J connectivity index is 2.33. The molecule has 0 saturated heterocycles. The van der Waals surface area contributed by atoms with Crippen LogP contribution in [-0.2, 0) is 0 Å². The first kappa shape index (κ1) is 11.5. The minimum atomic E-state index is -0.189. The number of unbranched alkanes of at least 4 members (excludes halogenated alkanes) is 2. The second-order valence-corrected chi connectivity index (χ2v) is 4.27. The van der Waals surface area contributed by atoms with Gasteiger partial charge >= 0.3 is 0 Å². The third kappa shape index (κ3) is 3.67. The molecule has 1 aliphatic carbocycles. The fourth-order valence-corrected chi connectivity index (χ4v) is 1.81. The minimum absolute atomic E-state index is 0.189. The standard InChI is InChI=1S/C13H22O/c1-3-4-5-6-13(14)12-9-7-11(2)8-10-12/h7,9,13-14H,3-6,8,10H2,1-2H3. The zero-order chi connectivity index (χ0) is 10.4. The Morgan fingerprint density at radius 3 is 2.64 bits per heavy atom. The van der Waals surface area contributed by atoms with Gasteiger partial charge in [0.1, 0.15) is 0 Å². The van der Waals surface area contributed by atoms with Crippen LogP contribution in [0.1, 0.15) is 52.4 Å². The van der Waals surface area contributed by atoms with Crippen molar-refractivity contribution in [3.8, 4) is 0 Å². The molecule has 1 unspecified atom stereocenters. The molecule has 1 heteroatoms. The van der Waals surface area contributed by atoms with E-state index >= 15 is 0 Å². The predicted molar refractivity (Wildman–Crippen MR) is 61.2 cm³/mol. The van der Waals surface area contributed by atoms with E-state index in [0.29, 0.717) is 0 Å². The summed E-state index contributed by atoms with van der Waals surface area (Å²) in [5.74, 6) is 0. The summed E-state index contributed by atoms with van der Waals surface area (Å²) in [7, 11) is 0. The molecular weight excluding hydrogens is 172 g/mol. The molecule has 0 aromatic carbocycles. The number of rotatable bonds is 5. The van der Waals surface area contributed by atoms with Crippen LogP contribution in [0.15, 0.2) is 23.3 Å². The second-order valence-electron chi connectivity index (χ2n) is 4.27. The van der Waals surface area contributed by atoms with Crippen LogP contribution in [-0.4, -0.2) is 11.2 Å². The van der Waals surface area contributed by atoms with E-state index in [0.717, 1.165) is 25.7 Å². The molecule has 1 aliphatic rings. The molecule has 1 nitrogen and oxygen atoms in total. The Labute approximate surface area is 87.5 Å². The maximum Gasteiger partial charge on any atom is 0.0753 e. The van der Waals surface area contributed by atoms with E-state index < -0.39 is 0 Å². The fourth-order valence-electron chi connectivity index (χ4n) is 1.81. The summed E-state index contributed by atoms with van der Waals surface area (Å²) in [4.78, 5) is 0. The second kappa shape index (κ2) is 6.02.